The molecule has 0 radical (unpaired) electrons. The highest BCUT2D eigenvalue weighted by Crippen LogP contribution is 2.43. The average Bonchev–Trinajstić information content (AvgIpc) is 1.65. The maximum Gasteiger partial charge on any atom is 0.135 e. The summed E-state index contributed by atoms with van der Waals surface area (Å²) in [6.07, 6.45) is 0. The van der Waals surface area contributed by atoms with Crippen molar-refractivity contribution in [1.29, 1.82) is 0 Å². The highest BCUT2D eigenvalue weighted by molar-refractivity contribution is 7.27. The Kier molecular flexibility index (Phi) is 22.4. The third kappa shape index (κ3) is 16.6. The number of fused-ring (bicyclic) bond motifs is 21. The van der Waals surface area contributed by atoms with Crippen LogP contribution in [0.5, 0.6) is 0 Å². The molecule has 25 rings (SSSR count). The zero-order chi connectivity index (χ0) is 82.7. The molecule has 0 saturated carbocycles. The molecule has 0 amide bonds. The van der Waals surface area contributed by atoms with Crippen molar-refractivity contribution in [2.75, 3.05) is 0 Å². The van der Waals surface area contributed by atoms with Gasteiger partial charge in [0.15, 0.2) is 0 Å². The van der Waals surface area contributed by atoms with E-state index in [0.29, 0.717) is 0 Å². The summed E-state index contributed by atoms with van der Waals surface area (Å²) in [6.45, 7) is 15.0. The first-order valence-electron chi connectivity index (χ1n) is 41.4. The summed E-state index contributed by atoms with van der Waals surface area (Å²) in [5, 5.41) is 18.6. The molecule has 0 bridgehead atoms. The summed E-state index contributed by atoms with van der Waals surface area (Å²) in [7, 11) is 0. The molecule has 7 aromatic heterocycles. The second-order valence-corrected chi connectivity index (χ2v) is 36.9. The molecule has 18 aromatic carbocycles. The van der Waals surface area contributed by atoms with E-state index in [0.717, 1.165) is 22.3 Å². The maximum absolute atomic E-state index is 5.92. The Morgan fingerprint density at radius 1 is 0.148 bits per heavy atom. The van der Waals surface area contributed by atoms with E-state index in [-0.39, 0.29) is 0 Å². The van der Waals surface area contributed by atoms with Gasteiger partial charge in [-0.25, -0.2) is 0 Å². The quantitative estimate of drug-likeness (QED) is 0.176. The van der Waals surface area contributed by atoms with Crippen molar-refractivity contribution in [3.05, 3.63) is 433 Å². The van der Waals surface area contributed by atoms with E-state index < -0.39 is 0 Å². The van der Waals surface area contributed by atoms with Gasteiger partial charge in [0.05, 0.1) is 0 Å². The molecule has 588 valence electrons. The van der Waals surface area contributed by atoms with Crippen molar-refractivity contribution in [3.8, 4) is 44.5 Å². The largest absolute Gasteiger partial charge is 0.456 e. The molecule has 0 atom stereocenters. The third-order valence-electron chi connectivity index (χ3n) is 22.6. The van der Waals surface area contributed by atoms with Crippen LogP contribution in [-0.4, -0.2) is 0 Å². The minimum Gasteiger partial charge on any atom is -0.456 e. The van der Waals surface area contributed by atoms with Crippen LogP contribution < -0.4 is 0 Å². The summed E-state index contributed by atoms with van der Waals surface area (Å²) < 4.78 is 25.6. The molecule has 7 heteroatoms. The van der Waals surface area contributed by atoms with Crippen molar-refractivity contribution >= 4 is 201 Å². The Morgan fingerprint density at radius 2 is 0.418 bits per heavy atom. The molecular formula is C115H86O2S5. The normalized spacial score (nSPS) is 11.2. The van der Waals surface area contributed by atoms with Gasteiger partial charge >= 0.3 is 0 Å². The predicted octanol–water partition coefficient (Wildman–Crippen LogP) is 36.3. The fraction of sp³-hybridized carbons (Fsp3) is 0.0609. The number of hydrogen-bond acceptors (Lipinski definition) is 7. The molecule has 0 unspecified atom stereocenters. The molecule has 2 nitrogen and oxygen atoms in total. The van der Waals surface area contributed by atoms with Crippen LogP contribution in [-0.2, 0) is 0 Å². The van der Waals surface area contributed by atoms with Gasteiger partial charge in [-0.15, -0.1) is 56.7 Å². The number of hydrogen-bond donors (Lipinski definition) is 0. The predicted molar refractivity (Wildman–Crippen MR) is 539 cm³/mol. The van der Waals surface area contributed by atoms with Crippen molar-refractivity contribution in [3.63, 3.8) is 0 Å². The van der Waals surface area contributed by atoms with E-state index >= 15 is 0 Å². The smallest absolute Gasteiger partial charge is 0.135 e. The lowest BCUT2D eigenvalue weighted by Crippen LogP contribution is -1.76. The SMILES string of the molecule is Cc1ccc2c(c1)oc1ccc(-c3ccccc3)cc12.Cc1ccc2c(c1)sc1ccc(-c3ccccc3)cc12.Cc1ccc2c(c1)sc1ccccc12.Cc1ccc2oc3ccc(-c4ccccc4)cc3c2c1.Cc1ccc2sc3ccc(-c4ccccc4)cc3c2c1.Cc1ccc2sc3ccccc3c2c1.Cc1cccc2sc3ccccc3c12. The zero-order valence-corrected chi connectivity index (χ0v) is 73.0. The second-order valence-electron chi connectivity index (χ2n) is 31.5. The number of aryl methyl sites for hydroxylation is 7. The van der Waals surface area contributed by atoms with Crippen LogP contribution in [0.1, 0.15) is 38.9 Å². The van der Waals surface area contributed by atoms with Crippen LogP contribution in [0, 0.1) is 48.5 Å². The van der Waals surface area contributed by atoms with Crippen LogP contribution in [0.3, 0.4) is 0 Å². The Balaban J connectivity index is 0.0000000942. The first-order chi connectivity index (χ1) is 59.8. The average molecular weight is 1660 g/mol. The monoisotopic (exact) mass is 1660 g/mol. The third-order valence-corrected chi connectivity index (χ3v) is 28.3. The first kappa shape index (κ1) is 78.5. The van der Waals surface area contributed by atoms with Crippen LogP contribution >= 0.6 is 56.7 Å². The van der Waals surface area contributed by atoms with E-state index in [9.17, 15) is 0 Å². The Labute approximate surface area is 730 Å². The van der Waals surface area contributed by atoms with E-state index in [4.69, 9.17) is 8.83 Å². The molecule has 25 aromatic rings. The van der Waals surface area contributed by atoms with Gasteiger partial charge in [0.1, 0.15) is 22.3 Å². The van der Waals surface area contributed by atoms with Crippen LogP contribution in [0.15, 0.2) is 403 Å². The molecule has 0 spiro atoms. The van der Waals surface area contributed by atoms with Crippen LogP contribution in [0.4, 0.5) is 0 Å². The molecule has 122 heavy (non-hydrogen) atoms. The second kappa shape index (κ2) is 34.8. The lowest BCUT2D eigenvalue weighted by Gasteiger charge is -2.02. The Hall–Kier alpha value is -13.3. The highest BCUT2D eigenvalue weighted by atomic mass is 32.1. The van der Waals surface area contributed by atoms with Gasteiger partial charge in [-0.3, -0.25) is 0 Å². The molecular weight excluding hydrogens is 1570 g/mol. The number of thiophene rings is 5. The lowest BCUT2D eigenvalue weighted by atomic mass is 10.0. The standard InChI is InChI=1S/2C19H14O.2C19H14S.3C13H10S/c1-13-7-9-18-16(11-13)17-12-15(8-10-19(17)20-18)14-5-3-2-4-6-14;1-13-7-9-16-17-12-15(14-5-3-2-4-6-14)8-10-18(17)20-19(16)11-13;1-13-7-9-18-16(11-13)17-12-15(8-10-19(17)20-18)14-5-3-2-4-6-14;1-13-7-9-16-17-12-15(14-5-3-2-4-6-14)8-10-18(17)20-19(16)11-13;1-9-5-4-8-12-13(9)10-6-2-3-7-11(10)14-12;1-9-6-7-13-11(8-9)10-4-2-3-5-12(10)14-13;1-9-6-7-11-10-4-2-3-5-12(10)14-13(11)8-9/h4*2-12H,1H3;3*2-8H,1H3. The van der Waals surface area contributed by atoms with Gasteiger partial charge in [-0.05, 0) is 243 Å². The van der Waals surface area contributed by atoms with Gasteiger partial charge in [0, 0.05) is 122 Å². The molecule has 0 N–H and O–H groups in total. The van der Waals surface area contributed by atoms with Gasteiger partial charge in [0.25, 0.3) is 0 Å². The van der Waals surface area contributed by atoms with Crippen molar-refractivity contribution in [1.82, 2.24) is 0 Å². The first-order valence-corrected chi connectivity index (χ1v) is 45.4. The summed E-state index contributed by atoms with van der Waals surface area (Å²) in [5.74, 6) is 0. The van der Waals surface area contributed by atoms with Crippen LogP contribution in [0.25, 0.3) is 189 Å². The number of rotatable bonds is 4. The van der Waals surface area contributed by atoms with Gasteiger partial charge in [0.2, 0.25) is 0 Å². The summed E-state index contributed by atoms with van der Waals surface area (Å²) in [4.78, 5) is 0. The molecule has 0 aliphatic heterocycles. The van der Waals surface area contributed by atoms with E-state index in [2.05, 4.69) is 425 Å². The van der Waals surface area contributed by atoms with Gasteiger partial charge < -0.3 is 8.83 Å². The fourth-order valence-electron chi connectivity index (χ4n) is 16.4. The number of benzene rings is 18. The molecule has 0 fully saturated rings. The summed E-state index contributed by atoms with van der Waals surface area (Å²) >= 11 is 9.38. The van der Waals surface area contributed by atoms with Crippen molar-refractivity contribution < 1.29 is 8.83 Å². The van der Waals surface area contributed by atoms with E-state index in [1.165, 1.54) is 206 Å². The fourth-order valence-corrected chi connectivity index (χ4v) is 22.1. The number of furan rings is 2. The van der Waals surface area contributed by atoms with Gasteiger partial charge in [-0.2, -0.15) is 0 Å². The molecule has 0 aliphatic carbocycles. The van der Waals surface area contributed by atoms with E-state index in [1.54, 1.807) is 0 Å². The summed E-state index contributed by atoms with van der Waals surface area (Å²) in [6, 6.07) is 140. The topological polar surface area (TPSA) is 26.3 Å². The zero-order valence-electron chi connectivity index (χ0n) is 68.9. The Bertz CT molecular complexity index is 7760. The maximum atomic E-state index is 5.92. The summed E-state index contributed by atoms with van der Waals surface area (Å²) in [5.41, 5.74) is 23.0. The minimum absolute atomic E-state index is 0.949. The van der Waals surface area contributed by atoms with Gasteiger partial charge in [-0.1, -0.05) is 284 Å². The molecule has 0 aliphatic rings. The molecule has 7 heterocycles. The minimum atomic E-state index is 0.949. The van der Waals surface area contributed by atoms with E-state index in [1.807, 2.05) is 74.9 Å². The highest BCUT2D eigenvalue weighted by Gasteiger charge is 2.15. The lowest BCUT2D eigenvalue weighted by molar-refractivity contribution is 0.668. The van der Waals surface area contributed by atoms with Crippen LogP contribution in [0.2, 0.25) is 0 Å². The van der Waals surface area contributed by atoms with Crippen molar-refractivity contribution in [2.24, 2.45) is 0 Å². The van der Waals surface area contributed by atoms with Crippen molar-refractivity contribution in [2.45, 2.75) is 48.5 Å². The Morgan fingerprint density at radius 3 is 0.910 bits per heavy atom. The molecule has 0 saturated heterocycles.